The van der Waals surface area contributed by atoms with E-state index < -0.39 is 52.2 Å². The van der Waals surface area contributed by atoms with Crippen LogP contribution in [-0.4, -0.2) is 120 Å². The number of benzene rings is 2. The van der Waals surface area contributed by atoms with Crippen LogP contribution in [0.4, 0.5) is 52.8 Å². The number of pyridine rings is 2. The van der Waals surface area contributed by atoms with Crippen molar-refractivity contribution >= 4 is 115 Å². The first-order valence-electron chi connectivity index (χ1n) is 27.7. The second-order valence-electron chi connectivity index (χ2n) is 23.5. The number of nitrogens with one attached hydrogen (secondary N) is 1. The Hall–Kier alpha value is -9.17. The second kappa shape index (κ2) is 27.3. The summed E-state index contributed by atoms with van der Waals surface area (Å²) in [6.45, 7) is 34.3. The lowest BCUT2D eigenvalue weighted by molar-refractivity contribution is -0.144. The van der Waals surface area contributed by atoms with Crippen molar-refractivity contribution in [2.45, 2.75) is 143 Å². The smallest absolute Gasteiger partial charge is 0.474 e. The Bertz CT molecular complexity index is 3850. The number of carbonyl (C=O) groups is 4. The van der Waals surface area contributed by atoms with E-state index in [-0.39, 0.29) is 83.3 Å². The molecule has 0 unspecified atom stereocenters. The SMILES string of the molecule is COC(=O)C(C)(C)Nc1cc(F)c2nc(C3CC3)nc(OCCOC(=O)OC(C)(C)C)c2c1.[C-]#[N+]c1ncc(N2C(=O)C(C)(C)N(c3cc(F)c4nc(C5CC5)nc(OCCOC(=O)OC(C)(C)C)c4c3)C2=S)cc1C.[C-]#[N+]c1ncc(N=C=S)cc1C. The van der Waals surface area contributed by atoms with Crippen LogP contribution in [0.2, 0.25) is 0 Å². The Morgan fingerprint density at radius 2 is 1.22 bits per heavy atom. The first kappa shape index (κ1) is 66.4. The molecular weight excluding hydrogens is 1180 g/mol. The molecule has 2 saturated carbocycles. The van der Waals surface area contributed by atoms with Crippen LogP contribution in [0.1, 0.15) is 130 Å². The number of thiocarbonyl (C=S) groups is 2. The van der Waals surface area contributed by atoms with Gasteiger partial charge in [0.25, 0.3) is 17.5 Å². The lowest BCUT2D eigenvalue weighted by Crippen LogP contribution is -2.44. The summed E-state index contributed by atoms with van der Waals surface area (Å²) < 4.78 is 67.6. The molecule has 5 heterocycles. The molecule has 23 nitrogen and oxygen atoms in total. The molecule has 88 heavy (non-hydrogen) atoms. The Kier molecular flexibility index (Phi) is 20.6. The van der Waals surface area contributed by atoms with Gasteiger partial charge in [0.05, 0.1) is 28.7 Å². The van der Waals surface area contributed by atoms with E-state index >= 15 is 8.78 Å². The third-order valence-corrected chi connectivity index (χ3v) is 13.5. The Labute approximate surface area is 518 Å². The van der Waals surface area contributed by atoms with Crippen LogP contribution in [0.15, 0.2) is 53.8 Å². The molecule has 9 rings (SSSR count). The van der Waals surface area contributed by atoms with Crippen LogP contribution in [0.3, 0.4) is 0 Å². The molecule has 27 heteroatoms. The highest BCUT2D eigenvalue weighted by Gasteiger charge is 2.51. The maximum atomic E-state index is 15.8. The highest BCUT2D eigenvalue weighted by atomic mass is 32.1. The predicted octanol–water partition coefficient (Wildman–Crippen LogP) is 13.2. The summed E-state index contributed by atoms with van der Waals surface area (Å²) in [5, 5.41) is 5.94. The van der Waals surface area contributed by atoms with Gasteiger partial charge >= 0.3 is 18.3 Å². The van der Waals surface area contributed by atoms with Gasteiger partial charge in [-0.1, -0.05) is 13.1 Å². The summed E-state index contributed by atoms with van der Waals surface area (Å²) in [5.74, 6) is 0.161. The van der Waals surface area contributed by atoms with Crippen molar-refractivity contribution in [1.29, 1.82) is 0 Å². The summed E-state index contributed by atoms with van der Waals surface area (Å²) >= 11 is 10.2. The van der Waals surface area contributed by atoms with Gasteiger partial charge in [0, 0.05) is 23.2 Å². The molecule has 4 aromatic heterocycles. The molecule has 2 aliphatic carbocycles. The van der Waals surface area contributed by atoms with Gasteiger partial charge in [0.1, 0.15) is 89.5 Å². The fourth-order valence-electron chi connectivity index (χ4n) is 8.60. The van der Waals surface area contributed by atoms with Gasteiger partial charge in [-0.05, 0) is 181 Å². The number of esters is 1. The minimum atomic E-state index is -1.19. The number of aromatic nitrogens is 6. The fourth-order valence-corrected chi connectivity index (χ4v) is 9.23. The number of aryl methyl sites for hydroxylation is 2. The second-order valence-corrected chi connectivity index (χ2v) is 24.0. The average molecular weight is 1250 g/mol. The maximum absolute atomic E-state index is 15.8. The number of methoxy groups -OCH3 is 1. The molecule has 1 aliphatic heterocycles. The molecule has 462 valence electrons. The van der Waals surface area contributed by atoms with Gasteiger partial charge in [0.2, 0.25) is 11.8 Å². The highest BCUT2D eigenvalue weighted by molar-refractivity contribution is 7.81. The standard InChI is InChI=1S/C30H31FN6O5S.C23H30FN3O6.C8H5N3S/c1-16-12-19(15-33-23(16)32-7)36-26(38)30(5,6)37(27(36)43)18-13-20-22(21(31)14-18)34-24(17-8-9-17)35-25(20)40-10-11-41-28(39)42-29(2,3)4;1-22(2,3)33-21(29)32-10-9-31-19-15-11-14(27-23(4,5)20(28)30-6)12-16(24)17(15)25-18(26-19)13-7-8-13;1-6-3-7(11-5-12)4-10-8(6)9-2/h12-15,17H,8-11H2,1-6H3;11-13,27H,7-10H2,1-6H3;3-4H,1H3. The number of amides is 1. The highest BCUT2D eigenvalue weighted by Crippen LogP contribution is 2.44. The molecule has 3 fully saturated rings. The van der Waals surface area contributed by atoms with Gasteiger partial charge in [0.15, 0.2) is 16.7 Å². The quantitative estimate of drug-likeness (QED) is 0.0236. The number of fused-ring (bicyclic) bond motifs is 2. The van der Waals surface area contributed by atoms with Gasteiger partial charge in [-0.2, -0.15) is 15.0 Å². The van der Waals surface area contributed by atoms with Crippen LogP contribution in [0, 0.1) is 38.6 Å². The predicted molar refractivity (Wildman–Crippen MR) is 330 cm³/mol. The third-order valence-electron chi connectivity index (χ3n) is 13.0. The van der Waals surface area contributed by atoms with Crippen molar-refractivity contribution in [2.75, 3.05) is 48.7 Å². The summed E-state index contributed by atoms with van der Waals surface area (Å²) in [7, 11) is 1.28. The molecule has 0 atom stereocenters. The largest absolute Gasteiger partial charge is 0.508 e. The molecular formula is C61H66F2N12O11S2. The number of aliphatic imine (C=N–C) groups is 1. The van der Waals surface area contributed by atoms with Gasteiger partial charge in [-0.3, -0.25) is 9.69 Å². The van der Waals surface area contributed by atoms with E-state index in [9.17, 15) is 19.2 Å². The lowest BCUT2D eigenvalue weighted by atomic mass is 10.0. The molecule has 1 N–H and O–H groups in total. The molecule has 1 saturated heterocycles. The molecule has 6 aromatic rings. The first-order chi connectivity index (χ1) is 41.4. The van der Waals surface area contributed by atoms with Crippen molar-refractivity contribution in [3.8, 4) is 11.8 Å². The van der Waals surface area contributed by atoms with E-state index in [0.29, 0.717) is 51.2 Å². The van der Waals surface area contributed by atoms with E-state index in [1.165, 1.54) is 36.5 Å². The van der Waals surface area contributed by atoms with Crippen molar-refractivity contribution in [3.63, 3.8) is 0 Å². The fraction of sp³-hybridized carbons (Fsp3) is 0.443. The summed E-state index contributed by atoms with van der Waals surface area (Å²) in [6.07, 6.45) is 4.94. The third kappa shape index (κ3) is 16.7. The van der Waals surface area contributed by atoms with E-state index in [1.807, 2.05) is 6.92 Å². The monoisotopic (exact) mass is 1240 g/mol. The van der Waals surface area contributed by atoms with Crippen LogP contribution in [0.5, 0.6) is 11.8 Å². The number of nitrogens with zero attached hydrogens (tertiary/aromatic N) is 11. The molecule has 0 radical (unpaired) electrons. The zero-order valence-corrected chi connectivity index (χ0v) is 52.5. The number of anilines is 3. The minimum Gasteiger partial charge on any atom is -0.474 e. The van der Waals surface area contributed by atoms with Crippen molar-refractivity contribution < 1.29 is 61.1 Å². The van der Waals surface area contributed by atoms with Crippen molar-refractivity contribution in [1.82, 2.24) is 29.9 Å². The topological polar surface area (TPSA) is 250 Å². The first-order valence-corrected chi connectivity index (χ1v) is 28.5. The molecule has 2 aromatic carbocycles. The van der Waals surface area contributed by atoms with Crippen LogP contribution >= 0.6 is 24.4 Å². The van der Waals surface area contributed by atoms with E-state index in [4.69, 9.17) is 58.5 Å². The van der Waals surface area contributed by atoms with Crippen LogP contribution < -0.4 is 24.6 Å². The maximum Gasteiger partial charge on any atom is 0.508 e. The van der Waals surface area contributed by atoms with Crippen molar-refractivity contribution in [3.05, 3.63) is 106 Å². The van der Waals surface area contributed by atoms with Gasteiger partial charge < -0.3 is 53.1 Å². The van der Waals surface area contributed by atoms with E-state index in [2.05, 4.69) is 67.3 Å². The molecule has 1 amide bonds. The van der Waals surface area contributed by atoms with E-state index in [0.717, 1.165) is 31.2 Å². The summed E-state index contributed by atoms with van der Waals surface area (Å²) in [6, 6.07) is 9.23. The zero-order valence-electron chi connectivity index (χ0n) is 50.9. The number of isothiocyanates is 1. The molecule has 0 spiro atoms. The van der Waals surface area contributed by atoms with Gasteiger partial charge in [-0.25, -0.2) is 33.1 Å². The van der Waals surface area contributed by atoms with Crippen molar-refractivity contribution in [2.24, 2.45) is 4.99 Å². The number of ether oxygens (including phenoxy) is 7. The van der Waals surface area contributed by atoms with Crippen LogP contribution in [-0.2, 0) is 33.3 Å². The molecule has 0 bridgehead atoms. The lowest BCUT2D eigenvalue weighted by Gasteiger charge is -2.29. The van der Waals surface area contributed by atoms with Gasteiger partial charge in [-0.15, -0.1) is 9.97 Å². The molecule has 3 aliphatic rings. The Morgan fingerprint density at radius 3 is 1.67 bits per heavy atom. The number of hydrogen-bond donors (Lipinski definition) is 1. The van der Waals surface area contributed by atoms with Crippen LogP contribution in [0.25, 0.3) is 31.5 Å². The normalized spacial score (nSPS) is 14.4. The average Bonchev–Trinajstić information content (AvgIpc) is 3.20. The minimum absolute atomic E-state index is 0.0115. The zero-order chi connectivity index (χ0) is 64.6. The number of halogens is 2. The Balaban J connectivity index is 0.000000216. The Morgan fingerprint density at radius 1 is 0.727 bits per heavy atom. The number of hydrogen-bond acceptors (Lipinski definition) is 21. The van der Waals surface area contributed by atoms with E-state index in [1.54, 1.807) is 105 Å². The number of rotatable bonds is 16. The summed E-state index contributed by atoms with van der Waals surface area (Å²) in [5.41, 5.74) is -0.381. The number of carbonyl (C=O) groups excluding carboxylic acids is 4. The summed E-state index contributed by atoms with van der Waals surface area (Å²) in [4.78, 5) is 88.5.